The van der Waals surface area contributed by atoms with Crippen LogP contribution in [-0.4, -0.2) is 40.5 Å². The first-order chi connectivity index (χ1) is 13.5. The third-order valence-electron chi connectivity index (χ3n) is 5.78. The van der Waals surface area contributed by atoms with Crippen molar-refractivity contribution in [3.8, 4) is 0 Å². The van der Waals surface area contributed by atoms with Gasteiger partial charge in [-0.25, -0.2) is 4.98 Å². The number of carbonyl (C=O) groups is 1. The number of aromatic nitrogens is 2. The predicted octanol–water partition coefficient (Wildman–Crippen LogP) is 3.58. The van der Waals surface area contributed by atoms with Gasteiger partial charge in [0.2, 0.25) is 5.91 Å². The van der Waals surface area contributed by atoms with Crippen LogP contribution in [0.25, 0.3) is 10.2 Å². The Balaban J connectivity index is 1.55. The molecule has 1 amide bonds. The van der Waals surface area contributed by atoms with E-state index in [2.05, 4.69) is 5.32 Å². The molecule has 0 radical (unpaired) electrons. The predicted molar refractivity (Wildman–Crippen MR) is 114 cm³/mol. The van der Waals surface area contributed by atoms with Crippen molar-refractivity contribution in [2.45, 2.75) is 69.7 Å². The van der Waals surface area contributed by atoms with Crippen LogP contribution in [0, 0.1) is 13.8 Å². The summed E-state index contributed by atoms with van der Waals surface area (Å²) in [6.45, 7) is 5.38. The zero-order chi connectivity index (χ0) is 19.7. The number of nitrogens with one attached hydrogen (secondary N) is 1. The van der Waals surface area contributed by atoms with Gasteiger partial charge in [-0.1, -0.05) is 24.6 Å². The molecule has 0 aromatic carbocycles. The zero-order valence-corrected chi connectivity index (χ0v) is 18.1. The van der Waals surface area contributed by atoms with Crippen molar-refractivity contribution < 1.29 is 9.53 Å². The van der Waals surface area contributed by atoms with Gasteiger partial charge in [-0.05, 0) is 45.1 Å². The molecule has 1 unspecified atom stereocenters. The smallest absolute Gasteiger partial charge is 0.263 e. The Labute approximate surface area is 173 Å². The summed E-state index contributed by atoms with van der Waals surface area (Å²) in [5.74, 6) is 0.229. The van der Waals surface area contributed by atoms with E-state index in [1.807, 2.05) is 18.4 Å². The van der Waals surface area contributed by atoms with Gasteiger partial charge >= 0.3 is 0 Å². The second-order valence-electron chi connectivity index (χ2n) is 7.70. The molecule has 4 rings (SSSR count). The van der Waals surface area contributed by atoms with Gasteiger partial charge in [-0.3, -0.25) is 14.2 Å². The molecule has 1 atom stereocenters. The van der Waals surface area contributed by atoms with Crippen molar-refractivity contribution in [1.29, 1.82) is 0 Å². The van der Waals surface area contributed by atoms with Crippen LogP contribution in [0.1, 0.15) is 55.0 Å². The Morgan fingerprint density at radius 3 is 2.79 bits per heavy atom. The van der Waals surface area contributed by atoms with E-state index in [1.54, 1.807) is 11.3 Å². The third-order valence-corrected chi connectivity index (χ3v) is 7.83. The van der Waals surface area contributed by atoms with Crippen molar-refractivity contribution in [2.75, 3.05) is 18.9 Å². The molecular weight excluding hydrogens is 394 g/mol. The van der Waals surface area contributed by atoms with E-state index >= 15 is 0 Å². The number of aryl methyl sites for hydroxylation is 2. The lowest BCUT2D eigenvalue weighted by Crippen LogP contribution is -2.33. The van der Waals surface area contributed by atoms with Gasteiger partial charge in [0.05, 0.1) is 17.2 Å². The molecule has 1 N–H and O–H groups in total. The number of carbonyl (C=O) groups excluding carboxylic acids is 1. The van der Waals surface area contributed by atoms with Gasteiger partial charge in [0, 0.05) is 24.1 Å². The van der Waals surface area contributed by atoms with E-state index in [9.17, 15) is 9.59 Å². The van der Waals surface area contributed by atoms with Crippen LogP contribution >= 0.6 is 23.1 Å². The lowest BCUT2D eigenvalue weighted by atomic mass is 10.2. The van der Waals surface area contributed by atoms with Crippen LogP contribution in [0.2, 0.25) is 0 Å². The number of amides is 1. The van der Waals surface area contributed by atoms with Crippen LogP contribution < -0.4 is 10.9 Å². The molecule has 3 heterocycles. The summed E-state index contributed by atoms with van der Waals surface area (Å²) in [5, 5.41) is 4.38. The molecular formula is C20H27N3O3S2. The van der Waals surface area contributed by atoms with E-state index < -0.39 is 0 Å². The Morgan fingerprint density at radius 1 is 1.29 bits per heavy atom. The van der Waals surface area contributed by atoms with Crippen LogP contribution in [0.3, 0.4) is 0 Å². The summed E-state index contributed by atoms with van der Waals surface area (Å²) in [4.78, 5) is 32.4. The quantitative estimate of drug-likeness (QED) is 0.570. The van der Waals surface area contributed by atoms with E-state index in [-0.39, 0.29) is 29.4 Å². The van der Waals surface area contributed by atoms with Crippen LogP contribution in [0.15, 0.2) is 9.95 Å². The number of ether oxygens (including phenoxy) is 1. The Morgan fingerprint density at radius 2 is 2.07 bits per heavy atom. The zero-order valence-electron chi connectivity index (χ0n) is 16.5. The Kier molecular flexibility index (Phi) is 6.08. The number of hydrogen-bond donors (Lipinski definition) is 1. The molecule has 2 fully saturated rings. The average molecular weight is 422 g/mol. The number of nitrogens with zero attached hydrogens (tertiary/aromatic N) is 2. The number of rotatable bonds is 6. The van der Waals surface area contributed by atoms with Crippen LogP contribution in [0.5, 0.6) is 0 Å². The van der Waals surface area contributed by atoms with Crippen molar-refractivity contribution in [1.82, 2.24) is 14.9 Å². The number of thiophene rings is 1. The van der Waals surface area contributed by atoms with Crippen molar-refractivity contribution in [3.63, 3.8) is 0 Å². The lowest BCUT2D eigenvalue weighted by molar-refractivity contribution is -0.119. The molecule has 6 nitrogen and oxygen atoms in total. The highest BCUT2D eigenvalue weighted by molar-refractivity contribution is 7.99. The van der Waals surface area contributed by atoms with Crippen molar-refractivity contribution in [3.05, 3.63) is 20.8 Å². The summed E-state index contributed by atoms with van der Waals surface area (Å²) in [6, 6.07) is 0.196. The molecule has 1 saturated heterocycles. The summed E-state index contributed by atoms with van der Waals surface area (Å²) in [6.07, 6.45) is 6.50. The fourth-order valence-corrected chi connectivity index (χ4v) is 6.05. The van der Waals surface area contributed by atoms with Gasteiger partial charge in [0.15, 0.2) is 5.16 Å². The standard InChI is InChI=1S/C20H27N3O3S2/c1-12-13(2)28-18-17(12)19(25)23(14-6-3-4-7-14)20(22-18)27-11-16(24)21-10-15-8-5-9-26-15/h14-15H,3-11H2,1-2H3,(H,21,24). The first-order valence-electron chi connectivity index (χ1n) is 10.1. The first-order valence-corrected chi connectivity index (χ1v) is 11.9. The van der Waals surface area contributed by atoms with Gasteiger partial charge in [-0.15, -0.1) is 11.3 Å². The maximum Gasteiger partial charge on any atom is 0.263 e. The largest absolute Gasteiger partial charge is 0.376 e. The number of hydrogen-bond acceptors (Lipinski definition) is 6. The molecule has 1 aliphatic carbocycles. The minimum absolute atomic E-state index is 0.0358. The van der Waals surface area contributed by atoms with Crippen LogP contribution in [-0.2, 0) is 9.53 Å². The molecule has 2 aromatic rings. The molecule has 0 spiro atoms. The minimum Gasteiger partial charge on any atom is -0.376 e. The average Bonchev–Trinajstić information content (AvgIpc) is 3.41. The number of thioether (sulfide) groups is 1. The SMILES string of the molecule is Cc1sc2nc(SCC(=O)NCC3CCCO3)n(C3CCCC3)c(=O)c2c1C. The fourth-order valence-electron chi connectivity index (χ4n) is 4.09. The topological polar surface area (TPSA) is 73.2 Å². The summed E-state index contributed by atoms with van der Waals surface area (Å²) < 4.78 is 7.42. The van der Waals surface area contributed by atoms with Gasteiger partial charge < -0.3 is 10.1 Å². The summed E-state index contributed by atoms with van der Waals surface area (Å²) in [7, 11) is 0. The lowest BCUT2D eigenvalue weighted by Gasteiger charge is -2.18. The van der Waals surface area contributed by atoms with E-state index in [1.165, 1.54) is 11.8 Å². The third kappa shape index (κ3) is 4.00. The summed E-state index contributed by atoms with van der Waals surface area (Å²) in [5.41, 5.74) is 1.09. The Bertz CT molecular complexity index is 925. The highest BCUT2D eigenvalue weighted by Crippen LogP contribution is 2.34. The highest BCUT2D eigenvalue weighted by atomic mass is 32.2. The fraction of sp³-hybridized carbons (Fsp3) is 0.650. The molecule has 2 aliphatic rings. The highest BCUT2D eigenvalue weighted by Gasteiger charge is 2.25. The first kappa shape index (κ1) is 19.9. The molecule has 152 valence electrons. The number of fused-ring (bicyclic) bond motifs is 1. The normalized spacial score (nSPS) is 20.3. The molecule has 2 aromatic heterocycles. The molecule has 8 heteroatoms. The van der Waals surface area contributed by atoms with E-state index in [0.29, 0.717) is 11.7 Å². The van der Waals surface area contributed by atoms with Crippen molar-refractivity contribution >= 4 is 39.2 Å². The monoisotopic (exact) mass is 421 g/mol. The molecule has 0 bridgehead atoms. The molecule has 28 heavy (non-hydrogen) atoms. The molecule has 1 saturated carbocycles. The maximum absolute atomic E-state index is 13.3. The Hall–Kier alpha value is -1.38. The van der Waals surface area contributed by atoms with Gasteiger partial charge in [0.1, 0.15) is 4.83 Å². The second kappa shape index (κ2) is 8.55. The van der Waals surface area contributed by atoms with Gasteiger partial charge in [0.25, 0.3) is 5.56 Å². The van der Waals surface area contributed by atoms with Crippen LogP contribution in [0.4, 0.5) is 0 Å². The van der Waals surface area contributed by atoms with Crippen molar-refractivity contribution in [2.24, 2.45) is 0 Å². The summed E-state index contributed by atoms with van der Waals surface area (Å²) >= 11 is 2.94. The van der Waals surface area contributed by atoms with E-state index in [0.717, 1.165) is 65.8 Å². The maximum atomic E-state index is 13.3. The minimum atomic E-state index is -0.0358. The second-order valence-corrected chi connectivity index (χ2v) is 9.84. The van der Waals surface area contributed by atoms with Gasteiger partial charge in [-0.2, -0.15) is 0 Å². The molecule has 1 aliphatic heterocycles. The van der Waals surface area contributed by atoms with E-state index in [4.69, 9.17) is 9.72 Å².